The van der Waals surface area contributed by atoms with Gasteiger partial charge in [-0.3, -0.25) is 9.80 Å². The summed E-state index contributed by atoms with van der Waals surface area (Å²) in [5, 5.41) is 2.87. The van der Waals surface area contributed by atoms with E-state index < -0.39 is 0 Å². The summed E-state index contributed by atoms with van der Waals surface area (Å²) in [5.41, 5.74) is 3.14. The molecule has 0 spiro atoms. The lowest BCUT2D eigenvalue weighted by molar-refractivity contribution is 0.210. The fourth-order valence-electron chi connectivity index (χ4n) is 4.42. The average molecular weight is 395 g/mol. The Kier molecular flexibility index (Phi) is 8.69. The van der Waals surface area contributed by atoms with Crippen LogP contribution in [-0.2, 0) is 13.1 Å². The van der Waals surface area contributed by atoms with E-state index in [0.29, 0.717) is 0 Å². The molecule has 2 fully saturated rings. The fourth-order valence-corrected chi connectivity index (χ4v) is 4.42. The second kappa shape index (κ2) is 10.5. The van der Waals surface area contributed by atoms with Gasteiger partial charge in [-0.25, -0.2) is 0 Å². The number of benzene rings is 2. The SMILES string of the molecule is Cl.Cl.c1ccc2c(CN3CCCCC3)c(CN3CCCCC3)ccc2c1. The predicted octanol–water partition coefficient (Wildman–Crippen LogP) is 5.66. The van der Waals surface area contributed by atoms with Gasteiger partial charge < -0.3 is 0 Å². The van der Waals surface area contributed by atoms with Crippen molar-refractivity contribution in [2.45, 2.75) is 51.6 Å². The third-order valence-electron chi connectivity index (χ3n) is 5.81. The minimum atomic E-state index is 0. The molecule has 0 unspecified atom stereocenters. The molecule has 26 heavy (non-hydrogen) atoms. The zero-order valence-electron chi connectivity index (χ0n) is 15.7. The molecule has 0 N–H and O–H groups in total. The first kappa shape index (κ1) is 21.5. The molecule has 2 aromatic carbocycles. The van der Waals surface area contributed by atoms with E-state index in [0.717, 1.165) is 13.1 Å². The minimum Gasteiger partial charge on any atom is -0.299 e. The van der Waals surface area contributed by atoms with Crippen molar-refractivity contribution < 1.29 is 0 Å². The summed E-state index contributed by atoms with van der Waals surface area (Å²) in [7, 11) is 0. The van der Waals surface area contributed by atoms with Crippen molar-refractivity contribution in [1.82, 2.24) is 9.80 Å². The third-order valence-corrected chi connectivity index (χ3v) is 5.81. The number of likely N-dealkylation sites (tertiary alicyclic amines) is 2. The second-order valence-corrected chi connectivity index (χ2v) is 7.60. The highest BCUT2D eigenvalue weighted by Crippen LogP contribution is 2.27. The molecule has 0 aromatic heterocycles. The van der Waals surface area contributed by atoms with Crippen LogP contribution in [0.15, 0.2) is 36.4 Å². The standard InChI is InChI=1S/C22H30N2.2ClH/c1-5-13-23(14-6-1)17-20-12-11-19-9-3-4-10-21(19)22(20)18-24-15-7-2-8-16-24;;/h3-4,9-12H,1-2,5-8,13-18H2;2*1H. The van der Waals surface area contributed by atoms with Crippen LogP contribution in [0, 0.1) is 0 Å². The van der Waals surface area contributed by atoms with Crippen LogP contribution in [0.1, 0.15) is 49.7 Å². The maximum Gasteiger partial charge on any atom is 0.0243 e. The summed E-state index contributed by atoms with van der Waals surface area (Å²) in [6.45, 7) is 7.35. The lowest BCUT2D eigenvalue weighted by Crippen LogP contribution is -2.32. The maximum atomic E-state index is 2.67. The number of nitrogens with zero attached hydrogens (tertiary/aromatic N) is 2. The van der Waals surface area contributed by atoms with Crippen molar-refractivity contribution in [1.29, 1.82) is 0 Å². The summed E-state index contributed by atoms with van der Waals surface area (Å²) in [6, 6.07) is 13.7. The topological polar surface area (TPSA) is 6.48 Å². The fraction of sp³-hybridized carbons (Fsp3) is 0.545. The number of hydrogen-bond acceptors (Lipinski definition) is 2. The van der Waals surface area contributed by atoms with Gasteiger partial charge in [-0.1, -0.05) is 49.2 Å². The monoisotopic (exact) mass is 394 g/mol. The Bertz CT molecular complexity index is 677. The number of rotatable bonds is 4. The lowest BCUT2D eigenvalue weighted by Gasteiger charge is -2.30. The Balaban J connectivity index is 0.00000121. The summed E-state index contributed by atoms with van der Waals surface area (Å²) in [6.07, 6.45) is 8.30. The number of hydrogen-bond donors (Lipinski definition) is 0. The molecule has 0 saturated carbocycles. The normalized spacial score (nSPS) is 18.9. The van der Waals surface area contributed by atoms with E-state index in [1.54, 1.807) is 11.1 Å². The molecule has 0 aliphatic carbocycles. The first-order valence-corrected chi connectivity index (χ1v) is 9.84. The van der Waals surface area contributed by atoms with Crippen LogP contribution in [0.25, 0.3) is 10.8 Å². The van der Waals surface area contributed by atoms with Crippen molar-refractivity contribution in [3.8, 4) is 0 Å². The highest BCUT2D eigenvalue weighted by Gasteiger charge is 2.17. The van der Waals surface area contributed by atoms with Crippen molar-refractivity contribution in [2.24, 2.45) is 0 Å². The Labute approximate surface area is 170 Å². The van der Waals surface area contributed by atoms with Gasteiger partial charge in [-0.05, 0) is 73.8 Å². The Morgan fingerprint density at radius 3 is 1.85 bits per heavy atom. The molecule has 2 aromatic rings. The van der Waals surface area contributed by atoms with E-state index in [2.05, 4.69) is 46.2 Å². The van der Waals surface area contributed by atoms with Gasteiger partial charge in [0.15, 0.2) is 0 Å². The summed E-state index contributed by atoms with van der Waals surface area (Å²) < 4.78 is 0. The lowest BCUT2D eigenvalue weighted by atomic mass is 9.96. The summed E-state index contributed by atoms with van der Waals surface area (Å²) in [5.74, 6) is 0. The largest absolute Gasteiger partial charge is 0.299 e. The van der Waals surface area contributed by atoms with Gasteiger partial charge in [-0.2, -0.15) is 0 Å². The van der Waals surface area contributed by atoms with Gasteiger partial charge in [0.2, 0.25) is 0 Å². The van der Waals surface area contributed by atoms with Crippen LogP contribution in [0.4, 0.5) is 0 Å². The molecule has 2 nitrogen and oxygen atoms in total. The Hall–Kier alpha value is -0.800. The molecule has 4 rings (SSSR count). The highest BCUT2D eigenvalue weighted by atomic mass is 35.5. The van der Waals surface area contributed by atoms with Gasteiger partial charge in [0.05, 0.1) is 0 Å². The van der Waals surface area contributed by atoms with Gasteiger partial charge in [0.1, 0.15) is 0 Å². The molecular weight excluding hydrogens is 363 g/mol. The van der Waals surface area contributed by atoms with E-state index in [-0.39, 0.29) is 24.8 Å². The van der Waals surface area contributed by atoms with Crippen molar-refractivity contribution in [2.75, 3.05) is 26.2 Å². The van der Waals surface area contributed by atoms with Gasteiger partial charge in [-0.15, -0.1) is 24.8 Å². The van der Waals surface area contributed by atoms with Crippen LogP contribution in [-0.4, -0.2) is 36.0 Å². The van der Waals surface area contributed by atoms with Crippen LogP contribution in [0.3, 0.4) is 0 Å². The van der Waals surface area contributed by atoms with Crippen molar-refractivity contribution in [3.63, 3.8) is 0 Å². The molecule has 2 aliphatic heterocycles. The number of halogens is 2. The van der Waals surface area contributed by atoms with E-state index in [1.165, 1.54) is 75.5 Å². The number of fused-ring (bicyclic) bond motifs is 1. The van der Waals surface area contributed by atoms with E-state index in [1.807, 2.05) is 0 Å². The van der Waals surface area contributed by atoms with Crippen LogP contribution < -0.4 is 0 Å². The van der Waals surface area contributed by atoms with Gasteiger partial charge >= 0.3 is 0 Å². The highest BCUT2D eigenvalue weighted by molar-refractivity contribution is 5.86. The quantitative estimate of drug-likeness (QED) is 0.660. The molecule has 2 heterocycles. The van der Waals surface area contributed by atoms with E-state index in [4.69, 9.17) is 0 Å². The van der Waals surface area contributed by atoms with Crippen molar-refractivity contribution >= 4 is 35.6 Å². The molecular formula is C22H32Cl2N2. The molecule has 2 aliphatic rings. The zero-order valence-corrected chi connectivity index (χ0v) is 17.3. The smallest absolute Gasteiger partial charge is 0.0243 e. The van der Waals surface area contributed by atoms with Gasteiger partial charge in [0, 0.05) is 13.1 Å². The van der Waals surface area contributed by atoms with Crippen molar-refractivity contribution in [3.05, 3.63) is 47.5 Å². The summed E-state index contributed by atoms with van der Waals surface area (Å²) >= 11 is 0. The Morgan fingerprint density at radius 2 is 1.19 bits per heavy atom. The van der Waals surface area contributed by atoms with Crippen LogP contribution >= 0.6 is 24.8 Å². The van der Waals surface area contributed by atoms with Crippen LogP contribution in [0.2, 0.25) is 0 Å². The van der Waals surface area contributed by atoms with E-state index in [9.17, 15) is 0 Å². The van der Waals surface area contributed by atoms with Crippen LogP contribution in [0.5, 0.6) is 0 Å². The van der Waals surface area contributed by atoms with E-state index >= 15 is 0 Å². The maximum absolute atomic E-state index is 2.67. The molecule has 0 amide bonds. The molecule has 0 atom stereocenters. The second-order valence-electron chi connectivity index (χ2n) is 7.60. The molecule has 0 bridgehead atoms. The third kappa shape index (κ3) is 5.13. The zero-order chi connectivity index (χ0) is 16.2. The number of piperidine rings is 2. The molecule has 2 saturated heterocycles. The minimum absolute atomic E-state index is 0. The summed E-state index contributed by atoms with van der Waals surface area (Å²) in [4.78, 5) is 5.33. The molecule has 0 radical (unpaired) electrons. The van der Waals surface area contributed by atoms with Gasteiger partial charge in [0.25, 0.3) is 0 Å². The Morgan fingerprint density at radius 1 is 0.615 bits per heavy atom. The molecule has 144 valence electrons. The molecule has 4 heteroatoms. The first-order chi connectivity index (χ1) is 11.9. The first-order valence-electron chi connectivity index (χ1n) is 9.84. The predicted molar refractivity (Wildman–Crippen MR) is 117 cm³/mol. The average Bonchev–Trinajstić information content (AvgIpc) is 2.65.